The second-order valence-corrected chi connectivity index (χ2v) is 8.07. The lowest BCUT2D eigenvalue weighted by Gasteiger charge is -2.28. The highest BCUT2D eigenvalue weighted by atomic mass is 35.5. The number of carbonyl (C=O) groups excluding carboxylic acids is 2. The Morgan fingerprint density at radius 3 is 2.73 bits per heavy atom. The molecule has 1 aromatic carbocycles. The zero-order valence-electron chi connectivity index (χ0n) is 17.3. The number of benzene rings is 1. The number of amides is 2. The Bertz CT molecular complexity index is 1450. The van der Waals surface area contributed by atoms with Crippen molar-refractivity contribution in [1.82, 2.24) is 29.3 Å². The van der Waals surface area contributed by atoms with Gasteiger partial charge in [-0.25, -0.2) is 4.85 Å². The number of halogens is 1. The summed E-state index contributed by atoms with van der Waals surface area (Å²) in [5.74, 6) is -0.709. The molecule has 2 amide bonds. The number of primary amides is 1. The Morgan fingerprint density at radius 1 is 1.21 bits per heavy atom. The predicted octanol–water partition coefficient (Wildman–Crippen LogP) is 2.48. The summed E-state index contributed by atoms with van der Waals surface area (Å²) in [5.41, 5.74) is 9.42. The largest absolute Gasteiger partial charge is 0.365 e. The van der Waals surface area contributed by atoms with Gasteiger partial charge in [-0.05, 0) is 11.6 Å². The van der Waals surface area contributed by atoms with E-state index in [1.165, 1.54) is 6.33 Å². The maximum Gasteiger partial charge on any atom is 0.252 e. The molecule has 1 aliphatic rings. The van der Waals surface area contributed by atoms with Gasteiger partial charge in [-0.2, -0.15) is 5.10 Å². The molecule has 1 aliphatic heterocycles. The molecule has 11 heteroatoms. The molecule has 33 heavy (non-hydrogen) atoms. The third kappa shape index (κ3) is 3.68. The van der Waals surface area contributed by atoms with Gasteiger partial charge < -0.3 is 10.6 Å². The molecule has 4 aromatic rings. The van der Waals surface area contributed by atoms with Crippen LogP contribution in [0.25, 0.3) is 21.7 Å². The maximum atomic E-state index is 12.9. The van der Waals surface area contributed by atoms with Gasteiger partial charge in [0.2, 0.25) is 5.91 Å². The van der Waals surface area contributed by atoms with Crippen LogP contribution in [-0.2, 0) is 24.3 Å². The molecule has 0 unspecified atom stereocenters. The van der Waals surface area contributed by atoms with Crippen LogP contribution in [0, 0.1) is 6.57 Å². The maximum absolute atomic E-state index is 12.9. The van der Waals surface area contributed by atoms with E-state index >= 15 is 0 Å². The normalized spacial score (nSPS) is 13.0. The van der Waals surface area contributed by atoms with Crippen LogP contribution in [0.3, 0.4) is 0 Å². The first-order valence-electron chi connectivity index (χ1n) is 10.1. The fraction of sp³-hybridized carbons (Fsp3) is 0.182. The van der Waals surface area contributed by atoms with E-state index in [4.69, 9.17) is 23.9 Å². The lowest BCUT2D eigenvalue weighted by molar-refractivity contribution is -0.132. The summed E-state index contributed by atoms with van der Waals surface area (Å²) in [6, 6.07) is 8.60. The molecular formula is C22H17ClN8O2. The van der Waals surface area contributed by atoms with Gasteiger partial charge in [0.1, 0.15) is 12.0 Å². The van der Waals surface area contributed by atoms with E-state index in [2.05, 4.69) is 20.1 Å². The summed E-state index contributed by atoms with van der Waals surface area (Å²) in [4.78, 5) is 30.4. The van der Waals surface area contributed by atoms with E-state index < -0.39 is 5.91 Å². The quantitative estimate of drug-likeness (QED) is 0.470. The molecule has 0 fully saturated rings. The Kier molecular flexibility index (Phi) is 5.03. The number of hydrogen-bond acceptors (Lipinski definition) is 5. The van der Waals surface area contributed by atoms with Crippen LogP contribution in [0.4, 0.5) is 5.69 Å². The molecule has 10 nitrogen and oxygen atoms in total. The van der Waals surface area contributed by atoms with Crippen molar-refractivity contribution in [3.63, 3.8) is 0 Å². The van der Waals surface area contributed by atoms with Crippen LogP contribution in [0.2, 0.25) is 5.02 Å². The molecule has 5 rings (SSSR count). The standard InChI is InChI=1S/C22H17ClN8O2/c1-25-15-4-2-13(3-5-15)8-18(32)29-6-7-31-17(11-29)19(21(24)33)20(28-31)14-9-16(23)22-27-26-12-30(22)10-14/h2-5,9-10,12H,6-8,11H2,(H2,24,33). The zero-order valence-corrected chi connectivity index (χ0v) is 18.0. The molecule has 0 spiro atoms. The number of pyridine rings is 1. The monoisotopic (exact) mass is 460 g/mol. The van der Waals surface area contributed by atoms with Crippen molar-refractivity contribution in [2.24, 2.45) is 5.73 Å². The topological polar surface area (TPSA) is 116 Å². The number of hydrogen-bond donors (Lipinski definition) is 1. The fourth-order valence-electron chi connectivity index (χ4n) is 3.99. The fourth-order valence-corrected chi connectivity index (χ4v) is 4.24. The van der Waals surface area contributed by atoms with Crippen LogP contribution < -0.4 is 5.73 Å². The number of fused-ring (bicyclic) bond motifs is 2. The van der Waals surface area contributed by atoms with Gasteiger partial charge in [-0.15, -0.1) is 10.2 Å². The molecular weight excluding hydrogens is 444 g/mol. The average molecular weight is 461 g/mol. The second-order valence-electron chi connectivity index (χ2n) is 7.67. The Hall–Kier alpha value is -4.23. The van der Waals surface area contributed by atoms with E-state index in [0.29, 0.717) is 46.4 Å². The number of carbonyl (C=O) groups is 2. The van der Waals surface area contributed by atoms with Crippen LogP contribution >= 0.6 is 11.6 Å². The molecule has 164 valence electrons. The molecule has 3 aromatic heterocycles. The van der Waals surface area contributed by atoms with Crippen molar-refractivity contribution in [3.8, 4) is 11.3 Å². The minimum absolute atomic E-state index is 0.0797. The number of nitrogens with zero attached hydrogens (tertiary/aromatic N) is 7. The average Bonchev–Trinajstić information content (AvgIpc) is 3.44. The molecule has 4 heterocycles. The SMILES string of the molecule is [C-]#[N+]c1ccc(CC(=O)N2CCn3nc(-c4cc(Cl)c5nncn5c4)c(C(N)=O)c3C2)cc1. The van der Waals surface area contributed by atoms with E-state index in [1.54, 1.807) is 50.5 Å². The summed E-state index contributed by atoms with van der Waals surface area (Å²) in [6.07, 6.45) is 3.44. The van der Waals surface area contributed by atoms with Crippen molar-refractivity contribution < 1.29 is 9.59 Å². The number of nitrogens with two attached hydrogens (primary N) is 1. The van der Waals surface area contributed by atoms with Crippen LogP contribution in [0.15, 0.2) is 42.9 Å². The highest BCUT2D eigenvalue weighted by molar-refractivity contribution is 6.33. The highest BCUT2D eigenvalue weighted by Gasteiger charge is 2.30. The van der Waals surface area contributed by atoms with Crippen LogP contribution in [-0.4, -0.2) is 47.6 Å². The molecule has 0 saturated heterocycles. The minimum atomic E-state index is -0.629. The van der Waals surface area contributed by atoms with E-state index in [9.17, 15) is 9.59 Å². The Morgan fingerprint density at radius 2 is 2.00 bits per heavy atom. The summed E-state index contributed by atoms with van der Waals surface area (Å²) < 4.78 is 3.36. The van der Waals surface area contributed by atoms with Gasteiger partial charge >= 0.3 is 0 Å². The molecule has 2 N–H and O–H groups in total. The van der Waals surface area contributed by atoms with E-state index in [0.717, 1.165) is 5.56 Å². The minimum Gasteiger partial charge on any atom is -0.365 e. The second kappa shape index (κ2) is 8.03. The number of rotatable bonds is 4. The number of aromatic nitrogens is 5. The molecule has 0 saturated carbocycles. The van der Waals surface area contributed by atoms with E-state index in [1.807, 2.05) is 0 Å². The highest BCUT2D eigenvalue weighted by Crippen LogP contribution is 2.31. The van der Waals surface area contributed by atoms with Crippen LogP contribution in [0.1, 0.15) is 21.6 Å². The summed E-state index contributed by atoms with van der Waals surface area (Å²) in [6.45, 7) is 8.14. The third-order valence-corrected chi connectivity index (χ3v) is 5.90. The van der Waals surface area contributed by atoms with Gasteiger partial charge in [0, 0.05) is 18.3 Å². The van der Waals surface area contributed by atoms with Crippen molar-refractivity contribution in [2.45, 2.75) is 19.5 Å². The molecule has 0 atom stereocenters. The predicted molar refractivity (Wildman–Crippen MR) is 120 cm³/mol. The van der Waals surface area contributed by atoms with Crippen LogP contribution in [0.5, 0.6) is 0 Å². The molecule has 0 aliphatic carbocycles. The summed E-state index contributed by atoms with van der Waals surface area (Å²) >= 11 is 6.33. The van der Waals surface area contributed by atoms with Gasteiger partial charge in [0.25, 0.3) is 5.91 Å². The van der Waals surface area contributed by atoms with Gasteiger partial charge in [-0.3, -0.25) is 18.7 Å². The van der Waals surface area contributed by atoms with E-state index in [-0.39, 0.29) is 24.4 Å². The first-order chi connectivity index (χ1) is 15.9. The Labute approximate surface area is 193 Å². The van der Waals surface area contributed by atoms with Crippen molar-refractivity contribution >= 4 is 34.7 Å². The first-order valence-corrected chi connectivity index (χ1v) is 10.5. The summed E-state index contributed by atoms with van der Waals surface area (Å²) in [7, 11) is 0. The van der Waals surface area contributed by atoms with Crippen molar-refractivity contribution in [1.29, 1.82) is 0 Å². The van der Waals surface area contributed by atoms with Crippen molar-refractivity contribution in [3.05, 3.63) is 76.1 Å². The molecule has 0 bridgehead atoms. The van der Waals surface area contributed by atoms with Gasteiger partial charge in [0.15, 0.2) is 11.3 Å². The van der Waals surface area contributed by atoms with Crippen molar-refractivity contribution in [2.75, 3.05) is 6.54 Å². The zero-order chi connectivity index (χ0) is 23.1. The molecule has 0 radical (unpaired) electrons. The first kappa shape index (κ1) is 20.7. The smallest absolute Gasteiger partial charge is 0.252 e. The lowest BCUT2D eigenvalue weighted by Crippen LogP contribution is -2.40. The summed E-state index contributed by atoms with van der Waals surface area (Å²) in [5, 5.41) is 12.8. The van der Waals surface area contributed by atoms with Gasteiger partial charge in [0.05, 0.1) is 42.4 Å². The van der Waals surface area contributed by atoms with Gasteiger partial charge in [-0.1, -0.05) is 35.9 Å². The Balaban J connectivity index is 1.46. The lowest BCUT2D eigenvalue weighted by atomic mass is 10.1. The third-order valence-electron chi connectivity index (χ3n) is 5.62.